The Labute approximate surface area is 218 Å². The fourth-order valence-electron chi connectivity index (χ4n) is 4.85. The van der Waals surface area contributed by atoms with Crippen molar-refractivity contribution in [2.24, 2.45) is 4.99 Å². The van der Waals surface area contributed by atoms with E-state index in [0.717, 1.165) is 71.8 Å². The second-order valence-corrected chi connectivity index (χ2v) is 9.46. The molecule has 6 rings (SSSR count). The first-order valence-corrected chi connectivity index (χ1v) is 12.5. The predicted molar refractivity (Wildman–Crippen MR) is 151 cm³/mol. The summed E-state index contributed by atoms with van der Waals surface area (Å²) < 4.78 is 12.3. The van der Waals surface area contributed by atoms with Crippen LogP contribution >= 0.6 is 15.9 Å². The smallest absolute Gasteiger partial charge is 0.128 e. The summed E-state index contributed by atoms with van der Waals surface area (Å²) in [5.41, 5.74) is 7.97. The molecule has 1 N–H and O–H groups in total. The van der Waals surface area contributed by atoms with Crippen LogP contribution in [0.15, 0.2) is 100 Å². The van der Waals surface area contributed by atoms with Crippen LogP contribution in [0.2, 0.25) is 0 Å². The molecule has 0 bridgehead atoms. The topological polar surface area (TPSA) is 46.6 Å². The first kappa shape index (κ1) is 22.4. The molecule has 1 aromatic heterocycles. The zero-order chi connectivity index (χ0) is 24.6. The summed E-state index contributed by atoms with van der Waals surface area (Å²) in [6.07, 6.45) is 2.14. The Morgan fingerprint density at radius 1 is 0.694 bits per heavy atom. The number of rotatable bonds is 5. The fourth-order valence-corrected chi connectivity index (χ4v) is 5.21. The number of hydrogen-bond donors (Lipinski definition) is 1. The van der Waals surface area contributed by atoms with Gasteiger partial charge in [0.1, 0.15) is 11.5 Å². The molecule has 176 valence electrons. The molecule has 0 amide bonds. The zero-order valence-electron chi connectivity index (χ0n) is 19.9. The van der Waals surface area contributed by atoms with Gasteiger partial charge in [0.2, 0.25) is 0 Å². The molecular weight excluding hydrogens is 512 g/mol. The third-order valence-electron chi connectivity index (χ3n) is 6.51. The minimum absolute atomic E-state index is 0.798. The highest BCUT2D eigenvalue weighted by Gasteiger charge is 2.25. The lowest BCUT2D eigenvalue weighted by Crippen LogP contribution is -2.03. The molecule has 0 aliphatic carbocycles. The van der Waals surface area contributed by atoms with Gasteiger partial charge in [-0.1, -0.05) is 70.5 Å². The lowest BCUT2D eigenvalue weighted by atomic mass is 9.98. The molecule has 0 atom stereocenters. The SMILES string of the molecule is COc1ccccc1C1=N/C(=C\c2[nH]c(-c3ccccc3OC)c3ccccc23)c2ccc(Br)cc21. The molecule has 5 heteroatoms. The van der Waals surface area contributed by atoms with Crippen molar-refractivity contribution in [2.45, 2.75) is 0 Å². The van der Waals surface area contributed by atoms with Crippen molar-refractivity contribution >= 4 is 44.2 Å². The number of nitrogens with one attached hydrogen (secondary N) is 1. The van der Waals surface area contributed by atoms with Gasteiger partial charge in [-0.2, -0.15) is 0 Å². The van der Waals surface area contributed by atoms with E-state index in [1.165, 1.54) is 0 Å². The van der Waals surface area contributed by atoms with Gasteiger partial charge in [-0.25, -0.2) is 4.99 Å². The van der Waals surface area contributed by atoms with Crippen molar-refractivity contribution in [3.05, 3.63) is 118 Å². The van der Waals surface area contributed by atoms with E-state index in [2.05, 4.69) is 81.6 Å². The van der Waals surface area contributed by atoms with E-state index >= 15 is 0 Å². The van der Waals surface area contributed by atoms with Gasteiger partial charge in [0.05, 0.1) is 31.3 Å². The van der Waals surface area contributed by atoms with Crippen LogP contribution in [0.5, 0.6) is 11.5 Å². The molecule has 0 spiro atoms. The third kappa shape index (κ3) is 3.73. The molecular formula is C31H23BrN2O2. The fraction of sp³-hybridized carbons (Fsp3) is 0.0645. The largest absolute Gasteiger partial charge is 0.496 e. The number of fused-ring (bicyclic) bond motifs is 2. The zero-order valence-corrected chi connectivity index (χ0v) is 21.5. The van der Waals surface area contributed by atoms with Crippen LogP contribution in [0.3, 0.4) is 0 Å². The Bertz CT molecular complexity index is 1680. The molecule has 1 aliphatic heterocycles. The van der Waals surface area contributed by atoms with Gasteiger partial charge in [-0.05, 0) is 42.5 Å². The third-order valence-corrected chi connectivity index (χ3v) is 7.00. The molecule has 36 heavy (non-hydrogen) atoms. The summed E-state index contributed by atoms with van der Waals surface area (Å²) in [5.74, 6) is 1.63. The highest BCUT2D eigenvalue weighted by atomic mass is 79.9. The van der Waals surface area contributed by atoms with E-state index in [1.54, 1.807) is 14.2 Å². The molecule has 2 heterocycles. The average molecular weight is 535 g/mol. The summed E-state index contributed by atoms with van der Waals surface area (Å²) in [5, 5.41) is 2.27. The monoisotopic (exact) mass is 534 g/mol. The van der Waals surface area contributed by atoms with E-state index < -0.39 is 0 Å². The van der Waals surface area contributed by atoms with Gasteiger partial charge >= 0.3 is 0 Å². The molecule has 5 aromatic rings. The van der Waals surface area contributed by atoms with Gasteiger partial charge in [0, 0.05) is 43.2 Å². The molecule has 1 aliphatic rings. The van der Waals surface area contributed by atoms with Crippen molar-refractivity contribution < 1.29 is 9.47 Å². The maximum absolute atomic E-state index is 5.66. The number of nitrogens with zero attached hydrogens (tertiary/aromatic N) is 1. The van der Waals surface area contributed by atoms with Crippen molar-refractivity contribution in [1.29, 1.82) is 0 Å². The van der Waals surface area contributed by atoms with E-state index in [-0.39, 0.29) is 0 Å². The number of benzene rings is 4. The number of aromatic amines is 1. The molecule has 4 aromatic carbocycles. The summed E-state index contributed by atoms with van der Waals surface area (Å²) in [4.78, 5) is 8.79. The Morgan fingerprint density at radius 2 is 1.33 bits per heavy atom. The van der Waals surface area contributed by atoms with E-state index in [9.17, 15) is 0 Å². The summed E-state index contributed by atoms with van der Waals surface area (Å²) in [6.45, 7) is 0. The highest BCUT2D eigenvalue weighted by Crippen LogP contribution is 2.40. The summed E-state index contributed by atoms with van der Waals surface area (Å²) >= 11 is 3.64. The average Bonchev–Trinajstić information content (AvgIpc) is 3.47. The molecule has 0 unspecified atom stereocenters. The minimum Gasteiger partial charge on any atom is -0.496 e. The minimum atomic E-state index is 0.798. The van der Waals surface area contributed by atoms with Gasteiger partial charge in [-0.3, -0.25) is 0 Å². The Kier molecular flexibility index (Phi) is 5.70. The van der Waals surface area contributed by atoms with Gasteiger partial charge in [0.15, 0.2) is 0 Å². The van der Waals surface area contributed by atoms with Crippen molar-refractivity contribution in [2.75, 3.05) is 14.2 Å². The summed E-state index contributed by atoms with van der Waals surface area (Å²) in [7, 11) is 3.39. The van der Waals surface area contributed by atoms with Gasteiger partial charge < -0.3 is 14.5 Å². The normalized spacial score (nSPS) is 13.6. The van der Waals surface area contributed by atoms with Gasteiger partial charge in [-0.15, -0.1) is 0 Å². The second-order valence-electron chi connectivity index (χ2n) is 8.54. The number of aliphatic imine (C=N–C) groups is 1. The first-order chi connectivity index (χ1) is 17.7. The van der Waals surface area contributed by atoms with E-state index in [1.807, 2.05) is 36.4 Å². The maximum atomic E-state index is 5.66. The Hall–Kier alpha value is -4.09. The standard InChI is InChI=1S/C31H23BrN2O2/c1-35-28-13-7-5-11-23(28)30-22-10-4-3-9-20(22)26(33-30)18-27-21-16-15-19(32)17-25(21)31(34-27)24-12-6-8-14-29(24)36-2/h3-18,33H,1-2H3/b27-18-. The number of aromatic nitrogens is 1. The second kappa shape index (κ2) is 9.17. The molecule has 0 saturated carbocycles. The number of H-pyrrole nitrogens is 1. The van der Waals surface area contributed by atoms with Crippen molar-refractivity contribution in [3.8, 4) is 22.8 Å². The van der Waals surface area contributed by atoms with Crippen molar-refractivity contribution in [1.82, 2.24) is 4.98 Å². The Balaban J connectivity index is 1.57. The number of hydrogen-bond acceptors (Lipinski definition) is 3. The van der Waals surface area contributed by atoms with Crippen LogP contribution < -0.4 is 9.47 Å². The lowest BCUT2D eigenvalue weighted by Gasteiger charge is -2.09. The molecule has 0 radical (unpaired) electrons. The lowest BCUT2D eigenvalue weighted by molar-refractivity contribution is 0.414. The number of halogens is 1. The van der Waals surface area contributed by atoms with Gasteiger partial charge in [0.25, 0.3) is 0 Å². The first-order valence-electron chi connectivity index (χ1n) is 11.7. The summed E-state index contributed by atoms with van der Waals surface area (Å²) in [6, 6.07) is 30.8. The van der Waals surface area contributed by atoms with Crippen LogP contribution in [0, 0.1) is 0 Å². The molecule has 0 saturated heterocycles. The Morgan fingerprint density at radius 3 is 2.08 bits per heavy atom. The van der Waals surface area contributed by atoms with Crippen LogP contribution in [0.1, 0.15) is 22.4 Å². The molecule has 4 nitrogen and oxygen atoms in total. The number of ether oxygens (including phenoxy) is 2. The van der Waals surface area contributed by atoms with Crippen LogP contribution in [0.25, 0.3) is 33.8 Å². The van der Waals surface area contributed by atoms with Crippen LogP contribution in [0.4, 0.5) is 0 Å². The number of para-hydroxylation sites is 2. The number of methoxy groups -OCH3 is 2. The van der Waals surface area contributed by atoms with E-state index in [4.69, 9.17) is 14.5 Å². The van der Waals surface area contributed by atoms with Crippen LogP contribution in [-0.2, 0) is 0 Å². The maximum Gasteiger partial charge on any atom is 0.128 e. The van der Waals surface area contributed by atoms with E-state index in [0.29, 0.717) is 0 Å². The van der Waals surface area contributed by atoms with Crippen molar-refractivity contribution in [3.63, 3.8) is 0 Å². The quantitative estimate of drug-likeness (QED) is 0.248. The predicted octanol–water partition coefficient (Wildman–Crippen LogP) is 7.96. The van der Waals surface area contributed by atoms with Crippen LogP contribution in [-0.4, -0.2) is 24.9 Å². The molecule has 0 fully saturated rings. The highest BCUT2D eigenvalue weighted by molar-refractivity contribution is 9.10.